The summed E-state index contributed by atoms with van der Waals surface area (Å²) >= 11 is 0. The quantitative estimate of drug-likeness (QED) is 0.193. The molecule has 1 aromatic carbocycles. The van der Waals surface area contributed by atoms with Gasteiger partial charge in [0.05, 0.1) is 17.7 Å². The van der Waals surface area contributed by atoms with Crippen LogP contribution in [0.3, 0.4) is 0 Å². The van der Waals surface area contributed by atoms with Crippen molar-refractivity contribution in [1.82, 2.24) is 5.06 Å². The van der Waals surface area contributed by atoms with Crippen LogP contribution in [0.2, 0.25) is 0 Å². The maximum atomic E-state index is 11.9. The van der Waals surface area contributed by atoms with Gasteiger partial charge in [-0.2, -0.15) is 0 Å². The standard InChI is InChI=1S/C14H15NO10/c16-5-8(17)9(18)10(19)11(20)14(23)24-25-15-12(21)6-3-1-2-4-7(6)13(15)22/h1-4,8-11,16-20H,5H2. The van der Waals surface area contributed by atoms with Gasteiger partial charge in [-0.15, -0.1) is 5.06 Å². The van der Waals surface area contributed by atoms with Crippen LogP contribution in [0.15, 0.2) is 24.3 Å². The molecule has 0 aromatic heterocycles. The van der Waals surface area contributed by atoms with Crippen molar-refractivity contribution in [2.45, 2.75) is 24.4 Å². The number of nitrogens with zero attached hydrogens (tertiary/aromatic N) is 1. The summed E-state index contributed by atoms with van der Waals surface area (Å²) in [6.45, 7) is -0.939. The molecule has 2 amide bonds. The summed E-state index contributed by atoms with van der Waals surface area (Å²) in [5.74, 6) is -3.45. The van der Waals surface area contributed by atoms with Crippen molar-refractivity contribution in [3.05, 3.63) is 35.4 Å². The Bertz CT molecular complexity index is 642. The number of fused-ring (bicyclic) bond motifs is 1. The lowest BCUT2D eigenvalue weighted by molar-refractivity contribution is -0.360. The molecule has 11 nitrogen and oxygen atoms in total. The molecule has 5 N–H and O–H groups in total. The second-order valence-corrected chi connectivity index (χ2v) is 5.10. The van der Waals surface area contributed by atoms with Crippen LogP contribution in [0.5, 0.6) is 0 Å². The number of benzene rings is 1. The average molecular weight is 357 g/mol. The van der Waals surface area contributed by atoms with Gasteiger partial charge in [0, 0.05) is 0 Å². The zero-order valence-electron chi connectivity index (χ0n) is 12.6. The molecule has 0 saturated carbocycles. The highest BCUT2D eigenvalue weighted by molar-refractivity contribution is 6.20. The Balaban J connectivity index is 1.97. The predicted octanol–water partition coefficient (Wildman–Crippen LogP) is -2.89. The molecule has 4 atom stereocenters. The summed E-state index contributed by atoms with van der Waals surface area (Å²) < 4.78 is 0. The van der Waals surface area contributed by atoms with Crippen LogP contribution in [-0.2, 0) is 14.7 Å². The lowest BCUT2D eigenvalue weighted by Crippen LogP contribution is -2.49. The van der Waals surface area contributed by atoms with Crippen LogP contribution in [0.25, 0.3) is 0 Å². The van der Waals surface area contributed by atoms with Gasteiger partial charge >= 0.3 is 5.97 Å². The van der Waals surface area contributed by atoms with Crippen LogP contribution < -0.4 is 0 Å². The van der Waals surface area contributed by atoms with E-state index < -0.39 is 48.8 Å². The number of hydrogen-bond donors (Lipinski definition) is 5. The summed E-state index contributed by atoms with van der Waals surface area (Å²) in [4.78, 5) is 43.9. The predicted molar refractivity (Wildman–Crippen MR) is 75.2 cm³/mol. The Labute approximate surface area is 140 Å². The fourth-order valence-corrected chi connectivity index (χ4v) is 2.02. The molecule has 0 radical (unpaired) electrons. The van der Waals surface area contributed by atoms with E-state index in [2.05, 4.69) is 9.88 Å². The van der Waals surface area contributed by atoms with Gasteiger partial charge in [-0.3, -0.25) is 14.5 Å². The van der Waals surface area contributed by atoms with Gasteiger partial charge in [0.1, 0.15) is 18.3 Å². The number of hydroxylamine groups is 2. The molecule has 0 spiro atoms. The van der Waals surface area contributed by atoms with Crippen molar-refractivity contribution < 1.29 is 49.8 Å². The van der Waals surface area contributed by atoms with E-state index in [1.807, 2.05) is 0 Å². The van der Waals surface area contributed by atoms with E-state index in [0.717, 1.165) is 0 Å². The Morgan fingerprint density at radius 2 is 1.52 bits per heavy atom. The number of aliphatic hydroxyl groups is 5. The zero-order chi connectivity index (χ0) is 18.7. The van der Waals surface area contributed by atoms with E-state index >= 15 is 0 Å². The van der Waals surface area contributed by atoms with Crippen molar-refractivity contribution >= 4 is 17.8 Å². The topological polar surface area (TPSA) is 174 Å². The number of carbonyl (C=O) groups is 3. The monoisotopic (exact) mass is 357 g/mol. The molecule has 1 aliphatic rings. The summed E-state index contributed by atoms with van der Waals surface area (Å²) in [6.07, 6.45) is -8.49. The highest BCUT2D eigenvalue weighted by atomic mass is 17.3. The second-order valence-electron chi connectivity index (χ2n) is 5.10. The van der Waals surface area contributed by atoms with Crippen LogP contribution in [-0.4, -0.2) is 79.4 Å². The van der Waals surface area contributed by atoms with Gasteiger partial charge in [-0.05, 0) is 17.1 Å². The molecule has 25 heavy (non-hydrogen) atoms. The van der Waals surface area contributed by atoms with Crippen LogP contribution >= 0.6 is 0 Å². The number of carbonyl (C=O) groups excluding carboxylic acids is 3. The third-order valence-corrected chi connectivity index (χ3v) is 3.45. The molecule has 1 aromatic rings. The molecule has 1 aliphatic heterocycles. The summed E-state index contributed by atoms with van der Waals surface area (Å²) in [7, 11) is 0. The number of imide groups is 1. The van der Waals surface area contributed by atoms with E-state index in [1.54, 1.807) is 0 Å². The minimum absolute atomic E-state index is 0.0191. The third kappa shape index (κ3) is 3.66. The molecule has 1 heterocycles. The van der Waals surface area contributed by atoms with Crippen LogP contribution in [0.4, 0.5) is 0 Å². The molecule has 0 aliphatic carbocycles. The molecule has 0 saturated heterocycles. The van der Waals surface area contributed by atoms with Crippen LogP contribution in [0.1, 0.15) is 20.7 Å². The van der Waals surface area contributed by atoms with Gasteiger partial charge in [0.15, 0.2) is 6.10 Å². The van der Waals surface area contributed by atoms with E-state index in [9.17, 15) is 29.7 Å². The highest BCUT2D eigenvalue weighted by Gasteiger charge is 2.40. The van der Waals surface area contributed by atoms with Crippen molar-refractivity contribution in [3.8, 4) is 0 Å². The normalized spacial score (nSPS) is 18.5. The van der Waals surface area contributed by atoms with E-state index in [1.165, 1.54) is 24.3 Å². The van der Waals surface area contributed by atoms with Gasteiger partial charge in [-0.25, -0.2) is 4.79 Å². The van der Waals surface area contributed by atoms with E-state index in [4.69, 9.17) is 10.2 Å². The van der Waals surface area contributed by atoms with E-state index in [-0.39, 0.29) is 16.2 Å². The fraction of sp³-hybridized carbons (Fsp3) is 0.357. The van der Waals surface area contributed by atoms with Crippen molar-refractivity contribution in [1.29, 1.82) is 0 Å². The molecule has 4 unspecified atom stereocenters. The van der Waals surface area contributed by atoms with Gasteiger partial charge in [0.2, 0.25) is 0 Å². The SMILES string of the molecule is O=C(OON1C(=O)c2ccccc2C1=O)C(O)C(O)C(O)C(O)CO. The Hall–Kier alpha value is -2.41. The average Bonchev–Trinajstić information content (AvgIpc) is 2.88. The van der Waals surface area contributed by atoms with Crippen molar-refractivity contribution in [3.63, 3.8) is 0 Å². The molecule has 11 heteroatoms. The lowest BCUT2D eigenvalue weighted by atomic mass is 10.0. The Morgan fingerprint density at radius 1 is 1.00 bits per heavy atom. The first-order valence-electron chi connectivity index (χ1n) is 6.99. The number of aliphatic hydroxyl groups excluding tert-OH is 5. The van der Waals surface area contributed by atoms with Crippen molar-refractivity contribution in [2.75, 3.05) is 6.61 Å². The highest BCUT2D eigenvalue weighted by Crippen LogP contribution is 2.22. The maximum absolute atomic E-state index is 11.9. The summed E-state index contributed by atoms with van der Waals surface area (Å²) in [5, 5.41) is 46.4. The number of rotatable bonds is 7. The van der Waals surface area contributed by atoms with Crippen LogP contribution in [0, 0.1) is 0 Å². The lowest BCUT2D eigenvalue weighted by Gasteiger charge is -2.24. The Kier molecular flexibility index (Phi) is 5.79. The largest absolute Gasteiger partial charge is 0.394 e. The molecule has 2 rings (SSSR count). The van der Waals surface area contributed by atoms with Gasteiger partial charge in [-0.1, -0.05) is 12.1 Å². The van der Waals surface area contributed by atoms with E-state index in [0.29, 0.717) is 0 Å². The zero-order valence-corrected chi connectivity index (χ0v) is 12.6. The summed E-state index contributed by atoms with van der Waals surface area (Å²) in [6, 6.07) is 5.72. The van der Waals surface area contributed by atoms with Gasteiger partial charge in [0.25, 0.3) is 11.8 Å². The summed E-state index contributed by atoms with van der Waals surface area (Å²) in [5.41, 5.74) is 0.0382. The molecule has 0 bridgehead atoms. The van der Waals surface area contributed by atoms with Crippen molar-refractivity contribution in [2.24, 2.45) is 0 Å². The molecule has 136 valence electrons. The number of amides is 2. The molecular formula is C14H15NO10. The Morgan fingerprint density at radius 3 is 2.00 bits per heavy atom. The first kappa shape index (κ1) is 18.9. The maximum Gasteiger partial charge on any atom is 0.376 e. The molecule has 0 fully saturated rings. The minimum atomic E-state index is -2.38. The molecular weight excluding hydrogens is 342 g/mol. The minimum Gasteiger partial charge on any atom is -0.394 e. The third-order valence-electron chi connectivity index (χ3n) is 3.45. The fourth-order valence-electron chi connectivity index (χ4n) is 2.02. The first-order chi connectivity index (χ1) is 11.8. The van der Waals surface area contributed by atoms with Gasteiger partial charge < -0.3 is 25.5 Å². The number of hydrogen-bond acceptors (Lipinski definition) is 10. The smallest absolute Gasteiger partial charge is 0.376 e. The second kappa shape index (κ2) is 7.65. The first-order valence-corrected chi connectivity index (χ1v) is 6.99.